The molecule has 3 rings (SSSR count). The zero-order valence-corrected chi connectivity index (χ0v) is 15.1. The van der Waals surface area contributed by atoms with E-state index in [0.717, 1.165) is 35.0 Å². The van der Waals surface area contributed by atoms with Crippen molar-refractivity contribution in [1.82, 2.24) is 0 Å². The fourth-order valence-electron chi connectivity index (χ4n) is 2.63. The molecule has 0 aliphatic heterocycles. The number of anilines is 1. The zero-order chi connectivity index (χ0) is 17.5. The quantitative estimate of drug-likeness (QED) is 0.573. The molecule has 128 valence electrons. The Bertz CT molecular complexity index is 800. The number of benzene rings is 3. The van der Waals surface area contributed by atoms with Crippen LogP contribution in [0.1, 0.15) is 16.7 Å². The molecule has 0 bridgehead atoms. The van der Waals surface area contributed by atoms with Gasteiger partial charge in [-0.1, -0.05) is 60.1 Å². The molecule has 0 aromatic heterocycles. The summed E-state index contributed by atoms with van der Waals surface area (Å²) in [5.41, 5.74) is 4.63. The van der Waals surface area contributed by atoms with Crippen LogP contribution in [0.3, 0.4) is 0 Å². The van der Waals surface area contributed by atoms with Gasteiger partial charge in [0, 0.05) is 23.7 Å². The van der Waals surface area contributed by atoms with Gasteiger partial charge in [-0.2, -0.15) is 0 Å². The third-order valence-electron chi connectivity index (χ3n) is 4.18. The van der Waals surface area contributed by atoms with E-state index in [1.807, 2.05) is 43.3 Å². The SMILES string of the molecule is Cc1c(Cl)cccc1NCc1ccc(OCCc2ccccc2)cc1. The summed E-state index contributed by atoms with van der Waals surface area (Å²) in [6, 6.07) is 24.5. The smallest absolute Gasteiger partial charge is 0.119 e. The summed E-state index contributed by atoms with van der Waals surface area (Å²) < 4.78 is 5.82. The molecule has 0 unspecified atom stereocenters. The van der Waals surface area contributed by atoms with Crippen LogP contribution in [0.2, 0.25) is 5.02 Å². The molecule has 0 amide bonds. The van der Waals surface area contributed by atoms with E-state index in [4.69, 9.17) is 16.3 Å². The molecule has 3 aromatic carbocycles. The van der Waals surface area contributed by atoms with Gasteiger partial charge in [-0.05, 0) is 47.9 Å². The number of ether oxygens (including phenoxy) is 1. The molecule has 0 heterocycles. The van der Waals surface area contributed by atoms with Crippen molar-refractivity contribution in [3.8, 4) is 5.75 Å². The molecule has 0 spiro atoms. The summed E-state index contributed by atoms with van der Waals surface area (Å²) in [7, 11) is 0. The Kier molecular flexibility index (Phi) is 5.97. The maximum atomic E-state index is 6.15. The molecular formula is C22H22ClNO. The Labute approximate surface area is 154 Å². The Morgan fingerprint density at radius 2 is 1.60 bits per heavy atom. The van der Waals surface area contributed by atoms with E-state index in [1.54, 1.807) is 0 Å². The number of nitrogens with one attached hydrogen (secondary N) is 1. The van der Waals surface area contributed by atoms with E-state index in [9.17, 15) is 0 Å². The van der Waals surface area contributed by atoms with E-state index in [1.165, 1.54) is 11.1 Å². The first kappa shape index (κ1) is 17.4. The molecule has 0 aliphatic rings. The van der Waals surface area contributed by atoms with Crippen LogP contribution in [0.15, 0.2) is 72.8 Å². The molecule has 0 saturated carbocycles. The minimum atomic E-state index is 0.684. The number of halogens is 1. The summed E-state index contributed by atoms with van der Waals surface area (Å²) in [6.45, 7) is 3.46. The van der Waals surface area contributed by atoms with Crippen LogP contribution in [0.25, 0.3) is 0 Å². The van der Waals surface area contributed by atoms with Crippen LogP contribution in [0.4, 0.5) is 5.69 Å². The summed E-state index contributed by atoms with van der Waals surface area (Å²) >= 11 is 6.15. The topological polar surface area (TPSA) is 21.3 Å². The van der Waals surface area contributed by atoms with E-state index < -0.39 is 0 Å². The highest BCUT2D eigenvalue weighted by atomic mass is 35.5. The lowest BCUT2D eigenvalue weighted by Gasteiger charge is -2.11. The predicted octanol–water partition coefficient (Wildman–Crippen LogP) is 5.88. The first-order valence-electron chi connectivity index (χ1n) is 8.47. The van der Waals surface area contributed by atoms with Gasteiger partial charge in [-0.25, -0.2) is 0 Å². The van der Waals surface area contributed by atoms with Gasteiger partial charge < -0.3 is 10.1 Å². The highest BCUT2D eigenvalue weighted by Gasteiger charge is 2.02. The highest BCUT2D eigenvalue weighted by Crippen LogP contribution is 2.23. The number of hydrogen-bond donors (Lipinski definition) is 1. The summed E-state index contributed by atoms with van der Waals surface area (Å²) in [5, 5.41) is 4.21. The second-order valence-corrected chi connectivity index (χ2v) is 6.40. The van der Waals surface area contributed by atoms with Crippen LogP contribution in [0.5, 0.6) is 5.75 Å². The second-order valence-electron chi connectivity index (χ2n) is 5.99. The van der Waals surface area contributed by atoms with Gasteiger partial charge in [0.15, 0.2) is 0 Å². The van der Waals surface area contributed by atoms with Gasteiger partial charge in [0.25, 0.3) is 0 Å². The predicted molar refractivity (Wildman–Crippen MR) is 106 cm³/mol. The van der Waals surface area contributed by atoms with Crippen LogP contribution >= 0.6 is 11.6 Å². The maximum absolute atomic E-state index is 6.15. The largest absolute Gasteiger partial charge is 0.493 e. The standard InChI is InChI=1S/C22H22ClNO/c1-17-21(23)8-5-9-22(17)24-16-19-10-12-20(13-11-19)25-15-14-18-6-3-2-4-7-18/h2-13,24H,14-16H2,1H3. The lowest BCUT2D eigenvalue weighted by molar-refractivity contribution is 0.322. The van der Waals surface area contributed by atoms with Gasteiger partial charge in [-0.15, -0.1) is 0 Å². The van der Waals surface area contributed by atoms with Crippen LogP contribution in [-0.4, -0.2) is 6.61 Å². The molecule has 3 aromatic rings. The van der Waals surface area contributed by atoms with Crippen molar-refractivity contribution in [2.45, 2.75) is 19.9 Å². The third kappa shape index (κ3) is 5.01. The third-order valence-corrected chi connectivity index (χ3v) is 4.59. The van der Waals surface area contributed by atoms with E-state index in [2.05, 4.69) is 41.7 Å². The van der Waals surface area contributed by atoms with Gasteiger partial charge in [-0.3, -0.25) is 0 Å². The van der Waals surface area contributed by atoms with Crippen molar-refractivity contribution in [1.29, 1.82) is 0 Å². The summed E-state index contributed by atoms with van der Waals surface area (Å²) in [6.07, 6.45) is 0.915. The average Bonchev–Trinajstić information content (AvgIpc) is 2.65. The monoisotopic (exact) mass is 351 g/mol. The minimum absolute atomic E-state index is 0.684. The fourth-order valence-corrected chi connectivity index (χ4v) is 2.81. The van der Waals surface area contributed by atoms with E-state index in [-0.39, 0.29) is 0 Å². The lowest BCUT2D eigenvalue weighted by Crippen LogP contribution is -2.03. The van der Waals surface area contributed by atoms with E-state index in [0.29, 0.717) is 6.61 Å². The summed E-state index contributed by atoms with van der Waals surface area (Å²) in [5.74, 6) is 0.901. The first-order valence-corrected chi connectivity index (χ1v) is 8.85. The van der Waals surface area contributed by atoms with Gasteiger partial charge >= 0.3 is 0 Å². The van der Waals surface area contributed by atoms with E-state index >= 15 is 0 Å². The molecule has 3 heteroatoms. The van der Waals surface area contributed by atoms with Crippen molar-refractivity contribution < 1.29 is 4.74 Å². The summed E-state index contributed by atoms with van der Waals surface area (Å²) in [4.78, 5) is 0. The van der Waals surface area contributed by atoms with Crippen molar-refractivity contribution in [3.63, 3.8) is 0 Å². The normalized spacial score (nSPS) is 10.5. The van der Waals surface area contributed by atoms with Gasteiger partial charge in [0.05, 0.1) is 6.61 Å². The van der Waals surface area contributed by atoms with Gasteiger partial charge in [0.2, 0.25) is 0 Å². The molecule has 0 aliphatic carbocycles. The van der Waals surface area contributed by atoms with Crippen LogP contribution in [-0.2, 0) is 13.0 Å². The van der Waals surface area contributed by atoms with Crippen LogP contribution in [0, 0.1) is 6.92 Å². The molecule has 0 atom stereocenters. The number of hydrogen-bond acceptors (Lipinski definition) is 2. The Morgan fingerprint density at radius 1 is 0.840 bits per heavy atom. The molecule has 0 fully saturated rings. The fraction of sp³-hybridized carbons (Fsp3) is 0.182. The number of rotatable bonds is 7. The Balaban J connectivity index is 1.49. The lowest BCUT2D eigenvalue weighted by atomic mass is 10.1. The second kappa shape index (κ2) is 8.59. The molecule has 0 radical (unpaired) electrons. The molecular weight excluding hydrogens is 330 g/mol. The van der Waals surface area contributed by atoms with Crippen molar-refractivity contribution >= 4 is 17.3 Å². The minimum Gasteiger partial charge on any atom is -0.493 e. The van der Waals surface area contributed by atoms with Gasteiger partial charge in [0.1, 0.15) is 5.75 Å². The molecule has 2 nitrogen and oxygen atoms in total. The molecule has 0 saturated heterocycles. The zero-order valence-electron chi connectivity index (χ0n) is 14.3. The Morgan fingerprint density at radius 3 is 2.36 bits per heavy atom. The molecule has 25 heavy (non-hydrogen) atoms. The van der Waals surface area contributed by atoms with Crippen molar-refractivity contribution in [2.24, 2.45) is 0 Å². The Hall–Kier alpha value is -2.45. The molecule has 1 N–H and O–H groups in total. The highest BCUT2D eigenvalue weighted by molar-refractivity contribution is 6.31. The maximum Gasteiger partial charge on any atom is 0.119 e. The van der Waals surface area contributed by atoms with Crippen LogP contribution < -0.4 is 10.1 Å². The van der Waals surface area contributed by atoms with Crippen molar-refractivity contribution in [2.75, 3.05) is 11.9 Å². The van der Waals surface area contributed by atoms with Crippen molar-refractivity contribution in [3.05, 3.63) is 94.5 Å². The first-order chi connectivity index (χ1) is 12.2. The average molecular weight is 352 g/mol.